The lowest BCUT2D eigenvalue weighted by molar-refractivity contribution is -0.136. The fourth-order valence-corrected chi connectivity index (χ4v) is 5.99. The summed E-state index contributed by atoms with van der Waals surface area (Å²) >= 11 is 0. The van der Waals surface area contributed by atoms with E-state index < -0.39 is 42.0 Å². The molecule has 0 heterocycles. The van der Waals surface area contributed by atoms with Crippen molar-refractivity contribution in [2.75, 3.05) is 20.1 Å². The van der Waals surface area contributed by atoms with E-state index in [1.165, 1.54) is 6.42 Å². The lowest BCUT2D eigenvalue weighted by Gasteiger charge is -2.33. The number of nitrogens with zero attached hydrogens (tertiary/aromatic N) is 1. The molecule has 0 saturated heterocycles. The highest BCUT2D eigenvalue weighted by Crippen LogP contribution is 2.29. The molecule has 46 heavy (non-hydrogen) atoms. The van der Waals surface area contributed by atoms with Gasteiger partial charge >= 0.3 is 0 Å². The van der Waals surface area contributed by atoms with Gasteiger partial charge in [0, 0.05) is 45.4 Å². The van der Waals surface area contributed by atoms with E-state index in [2.05, 4.69) is 27.8 Å². The van der Waals surface area contributed by atoms with Crippen LogP contribution in [0.4, 0.5) is 0 Å². The molecule has 1 aromatic carbocycles. The van der Waals surface area contributed by atoms with Crippen molar-refractivity contribution in [3.63, 3.8) is 0 Å². The molecule has 2 rings (SSSR count). The van der Waals surface area contributed by atoms with Crippen LogP contribution in [0.25, 0.3) is 0 Å². The standard InChI is InChI=1S/C37H56N4O5/c1-6-8-11-21-33(42)35(44)32(25-29-19-14-10-15-20-29)40-37(46)31(16-7-2)39-36(45)30(24-28-17-12-9-13-18-28)26-34(43)41(5)23-22-38-27(3)4/h1-2,9,12-13,17-18,27,29-33,35,38,42,44H,8,10-11,14-16,19-26H2,3-5H3,(H,39,45)(H,40,46)/t30-,31+,32+,33+,35-/m1/s1. The molecule has 1 fully saturated rings. The van der Waals surface area contributed by atoms with E-state index in [4.69, 9.17) is 12.8 Å². The van der Waals surface area contributed by atoms with Gasteiger partial charge in [0.25, 0.3) is 0 Å². The van der Waals surface area contributed by atoms with Crippen molar-refractivity contribution in [2.45, 2.75) is 121 Å². The highest BCUT2D eigenvalue weighted by Gasteiger charge is 2.34. The predicted molar refractivity (Wildman–Crippen MR) is 182 cm³/mol. The number of unbranched alkanes of at least 4 members (excludes halogenated alkanes) is 1. The van der Waals surface area contributed by atoms with E-state index in [0.29, 0.717) is 57.2 Å². The monoisotopic (exact) mass is 636 g/mol. The molecule has 1 aromatic rings. The summed E-state index contributed by atoms with van der Waals surface area (Å²) in [6.45, 7) is 5.20. The smallest absolute Gasteiger partial charge is 0.243 e. The third kappa shape index (κ3) is 14.4. The number of aliphatic hydroxyl groups is 2. The van der Waals surface area contributed by atoms with Gasteiger partial charge in [-0.25, -0.2) is 0 Å². The molecule has 0 bridgehead atoms. The molecule has 0 unspecified atom stereocenters. The summed E-state index contributed by atoms with van der Waals surface area (Å²) in [7, 11) is 1.72. The average Bonchev–Trinajstić information content (AvgIpc) is 3.04. The van der Waals surface area contributed by atoms with Crippen LogP contribution in [0.3, 0.4) is 0 Å². The van der Waals surface area contributed by atoms with E-state index >= 15 is 0 Å². The van der Waals surface area contributed by atoms with E-state index in [0.717, 1.165) is 31.2 Å². The maximum atomic E-state index is 13.7. The van der Waals surface area contributed by atoms with Gasteiger partial charge in [-0.15, -0.1) is 24.7 Å². The first-order valence-corrected chi connectivity index (χ1v) is 16.9. The number of nitrogens with one attached hydrogen (secondary N) is 3. The van der Waals surface area contributed by atoms with Crippen LogP contribution in [0.5, 0.6) is 0 Å². The van der Waals surface area contributed by atoms with Gasteiger partial charge in [-0.2, -0.15) is 0 Å². The normalized spacial score (nSPS) is 16.7. The molecule has 1 aliphatic carbocycles. The summed E-state index contributed by atoms with van der Waals surface area (Å²) in [5.41, 5.74) is 0.895. The van der Waals surface area contributed by atoms with Crippen LogP contribution in [0.15, 0.2) is 30.3 Å². The summed E-state index contributed by atoms with van der Waals surface area (Å²) in [6.07, 6.45) is 16.1. The van der Waals surface area contributed by atoms with Gasteiger partial charge in [0.15, 0.2) is 0 Å². The quantitative estimate of drug-likeness (QED) is 0.110. The number of benzene rings is 1. The Morgan fingerprint density at radius 3 is 2.33 bits per heavy atom. The van der Waals surface area contributed by atoms with Gasteiger partial charge in [-0.1, -0.05) is 76.3 Å². The van der Waals surface area contributed by atoms with E-state index in [1.54, 1.807) is 11.9 Å². The first-order chi connectivity index (χ1) is 22.0. The molecule has 9 heteroatoms. The van der Waals surface area contributed by atoms with Gasteiger partial charge in [-0.3, -0.25) is 14.4 Å². The fourth-order valence-electron chi connectivity index (χ4n) is 5.99. The Bertz CT molecular complexity index is 1140. The van der Waals surface area contributed by atoms with Crippen LogP contribution in [0.1, 0.15) is 90.0 Å². The first kappa shape index (κ1) is 38.8. The van der Waals surface area contributed by atoms with Gasteiger partial charge in [0.2, 0.25) is 17.7 Å². The highest BCUT2D eigenvalue weighted by atomic mass is 16.3. The topological polar surface area (TPSA) is 131 Å². The van der Waals surface area contributed by atoms with E-state index in [1.807, 2.05) is 44.2 Å². The zero-order valence-electron chi connectivity index (χ0n) is 28.0. The average molecular weight is 637 g/mol. The number of hydrogen-bond acceptors (Lipinski definition) is 6. The van der Waals surface area contributed by atoms with Crippen molar-refractivity contribution < 1.29 is 24.6 Å². The Balaban J connectivity index is 2.19. The lowest BCUT2D eigenvalue weighted by atomic mass is 9.82. The summed E-state index contributed by atoms with van der Waals surface area (Å²) < 4.78 is 0. The number of amides is 3. The van der Waals surface area contributed by atoms with Gasteiger partial charge in [0.1, 0.15) is 6.04 Å². The van der Waals surface area contributed by atoms with E-state index in [-0.39, 0.29) is 18.7 Å². The Labute approximate surface area is 276 Å². The minimum atomic E-state index is -1.20. The fraction of sp³-hybridized carbons (Fsp3) is 0.649. The first-order valence-electron chi connectivity index (χ1n) is 16.9. The summed E-state index contributed by atoms with van der Waals surface area (Å²) in [5.74, 6) is 3.46. The molecule has 9 nitrogen and oxygen atoms in total. The Morgan fingerprint density at radius 1 is 1.00 bits per heavy atom. The zero-order valence-corrected chi connectivity index (χ0v) is 28.0. The van der Waals surface area contributed by atoms with Crippen LogP contribution in [0, 0.1) is 36.5 Å². The molecular weight excluding hydrogens is 580 g/mol. The van der Waals surface area contributed by atoms with Crippen molar-refractivity contribution in [1.82, 2.24) is 20.9 Å². The Hall–Kier alpha value is -3.37. The Morgan fingerprint density at radius 2 is 1.70 bits per heavy atom. The third-order valence-electron chi connectivity index (χ3n) is 8.76. The molecule has 0 spiro atoms. The predicted octanol–water partition coefficient (Wildman–Crippen LogP) is 3.18. The van der Waals surface area contributed by atoms with E-state index in [9.17, 15) is 24.6 Å². The van der Waals surface area contributed by atoms with Crippen LogP contribution in [-0.4, -0.2) is 83.3 Å². The van der Waals surface area contributed by atoms with Crippen molar-refractivity contribution in [3.05, 3.63) is 35.9 Å². The maximum Gasteiger partial charge on any atom is 0.243 e. The molecule has 5 N–H and O–H groups in total. The van der Waals surface area contributed by atoms with Crippen LogP contribution in [-0.2, 0) is 20.8 Å². The SMILES string of the molecule is C#CCCC[C@H](O)[C@H](O)[C@H](CC1CCCCC1)NC(=O)[C@H](CC#C)NC(=O)[C@@H](CC(=O)N(C)CCNC(C)C)Cc1ccccc1. The van der Waals surface area contributed by atoms with Gasteiger partial charge in [-0.05, 0) is 37.2 Å². The van der Waals surface area contributed by atoms with Gasteiger partial charge in [0.05, 0.1) is 24.2 Å². The number of likely N-dealkylation sites (N-methyl/N-ethyl adjacent to an activating group) is 1. The maximum absolute atomic E-state index is 13.7. The van der Waals surface area contributed by atoms with Crippen molar-refractivity contribution in [3.8, 4) is 24.7 Å². The second-order valence-electron chi connectivity index (χ2n) is 13.0. The number of terminal acetylenes is 2. The largest absolute Gasteiger partial charge is 0.390 e. The van der Waals surface area contributed by atoms with Crippen LogP contribution in [0.2, 0.25) is 0 Å². The molecule has 0 aliphatic heterocycles. The van der Waals surface area contributed by atoms with Crippen LogP contribution >= 0.6 is 0 Å². The van der Waals surface area contributed by atoms with Crippen molar-refractivity contribution >= 4 is 17.7 Å². The van der Waals surface area contributed by atoms with Crippen molar-refractivity contribution in [2.24, 2.45) is 11.8 Å². The molecule has 3 amide bonds. The second kappa shape index (κ2) is 21.4. The molecule has 1 saturated carbocycles. The molecule has 1 aliphatic rings. The number of rotatable bonds is 20. The number of hydrogen-bond donors (Lipinski definition) is 5. The number of carbonyl (C=O) groups excluding carboxylic acids is 3. The third-order valence-corrected chi connectivity index (χ3v) is 8.76. The summed E-state index contributed by atoms with van der Waals surface area (Å²) in [5, 5.41) is 30.9. The molecule has 0 aromatic heterocycles. The number of carbonyl (C=O) groups is 3. The van der Waals surface area contributed by atoms with Gasteiger partial charge < -0.3 is 31.1 Å². The van der Waals surface area contributed by atoms with Crippen molar-refractivity contribution in [1.29, 1.82) is 0 Å². The lowest BCUT2D eigenvalue weighted by Crippen LogP contribution is -2.56. The summed E-state index contributed by atoms with van der Waals surface area (Å²) in [6, 6.07) is 7.95. The Kier molecular flexibility index (Phi) is 18.1. The zero-order chi connectivity index (χ0) is 33.9. The second-order valence-corrected chi connectivity index (χ2v) is 13.0. The molecule has 5 atom stereocenters. The molecular formula is C37H56N4O5. The highest BCUT2D eigenvalue weighted by molar-refractivity contribution is 5.91. The van der Waals surface area contributed by atoms with Crippen LogP contribution < -0.4 is 16.0 Å². The molecule has 254 valence electrons. The minimum absolute atomic E-state index is 0.0316. The number of aliphatic hydroxyl groups excluding tert-OH is 2. The summed E-state index contributed by atoms with van der Waals surface area (Å²) in [4.78, 5) is 42.2. The molecule has 0 radical (unpaired) electrons. The minimum Gasteiger partial charge on any atom is -0.390 e.